The highest BCUT2D eigenvalue weighted by Gasteiger charge is 2.08. The highest BCUT2D eigenvalue weighted by atomic mass is 16.5. The van der Waals surface area contributed by atoms with Crippen molar-refractivity contribution in [1.29, 1.82) is 0 Å². The largest absolute Gasteiger partial charge is 0.469 e. The van der Waals surface area contributed by atoms with Crippen LogP contribution >= 0.6 is 0 Å². The van der Waals surface area contributed by atoms with Gasteiger partial charge in [-0.2, -0.15) is 0 Å². The van der Waals surface area contributed by atoms with E-state index in [0.717, 1.165) is 0 Å². The van der Waals surface area contributed by atoms with E-state index in [4.69, 9.17) is 4.42 Å². The summed E-state index contributed by atoms with van der Waals surface area (Å²) in [5.41, 5.74) is 0. The first kappa shape index (κ1) is 10.3. The van der Waals surface area contributed by atoms with E-state index in [1.54, 1.807) is 12.1 Å². The minimum Gasteiger partial charge on any atom is -0.469 e. The molecule has 0 aliphatic rings. The molecule has 76 valence electrons. The van der Waals surface area contributed by atoms with E-state index in [2.05, 4.69) is 10.1 Å². The number of carbonyl (C=O) groups is 2. The molecule has 0 bridgehead atoms. The van der Waals surface area contributed by atoms with Crippen molar-refractivity contribution < 1.29 is 18.7 Å². The van der Waals surface area contributed by atoms with Crippen LogP contribution in [0.5, 0.6) is 0 Å². The van der Waals surface area contributed by atoms with Crippen molar-refractivity contribution in [3.05, 3.63) is 24.2 Å². The molecule has 5 nitrogen and oxygen atoms in total. The number of ether oxygens (including phenoxy) is 1. The second-order valence-electron chi connectivity index (χ2n) is 2.61. The fraction of sp³-hybridized carbons (Fsp3) is 0.333. The molecular formula is C9H11NO4. The molecule has 5 heteroatoms. The average molecular weight is 197 g/mol. The van der Waals surface area contributed by atoms with Gasteiger partial charge in [-0.3, -0.25) is 9.59 Å². The number of nitrogens with one attached hydrogen (secondary N) is 1. The van der Waals surface area contributed by atoms with Gasteiger partial charge >= 0.3 is 5.97 Å². The molecule has 0 unspecified atom stereocenters. The van der Waals surface area contributed by atoms with Gasteiger partial charge in [-0.15, -0.1) is 0 Å². The lowest BCUT2D eigenvalue weighted by atomic mass is 10.4. The fourth-order valence-corrected chi connectivity index (χ4v) is 0.865. The SMILES string of the molecule is COC(=O)CC(=O)NCc1ccco1. The van der Waals surface area contributed by atoms with Crippen LogP contribution in [0.2, 0.25) is 0 Å². The van der Waals surface area contributed by atoms with Crippen molar-refractivity contribution in [2.75, 3.05) is 7.11 Å². The number of furan rings is 1. The van der Waals surface area contributed by atoms with Gasteiger partial charge in [0.2, 0.25) is 5.91 Å². The molecule has 14 heavy (non-hydrogen) atoms. The highest BCUT2D eigenvalue weighted by Crippen LogP contribution is 1.98. The molecule has 1 rings (SSSR count). The molecule has 0 spiro atoms. The van der Waals surface area contributed by atoms with Gasteiger partial charge < -0.3 is 14.5 Å². The molecule has 1 amide bonds. The summed E-state index contributed by atoms with van der Waals surface area (Å²) in [7, 11) is 1.24. The molecule has 1 aromatic heterocycles. The Morgan fingerprint density at radius 1 is 1.57 bits per heavy atom. The van der Waals surface area contributed by atoms with Crippen LogP contribution in [0.15, 0.2) is 22.8 Å². The topological polar surface area (TPSA) is 68.5 Å². The van der Waals surface area contributed by atoms with Crippen molar-refractivity contribution in [2.45, 2.75) is 13.0 Å². The number of rotatable bonds is 4. The molecule has 0 saturated carbocycles. The van der Waals surface area contributed by atoms with Gasteiger partial charge in [0.05, 0.1) is 19.9 Å². The standard InChI is InChI=1S/C9H11NO4/c1-13-9(12)5-8(11)10-6-7-3-2-4-14-7/h2-4H,5-6H2,1H3,(H,10,11). The summed E-state index contributed by atoms with van der Waals surface area (Å²) in [6.07, 6.45) is 1.25. The third-order valence-electron chi connectivity index (χ3n) is 1.57. The van der Waals surface area contributed by atoms with Crippen LogP contribution in [0.3, 0.4) is 0 Å². The summed E-state index contributed by atoms with van der Waals surface area (Å²) in [6.45, 7) is 0.281. The number of methoxy groups -OCH3 is 1. The number of amides is 1. The third-order valence-corrected chi connectivity index (χ3v) is 1.57. The van der Waals surface area contributed by atoms with Crippen LogP contribution in [0.25, 0.3) is 0 Å². The van der Waals surface area contributed by atoms with E-state index in [1.165, 1.54) is 13.4 Å². The van der Waals surface area contributed by atoms with Gasteiger partial charge in [0.1, 0.15) is 12.2 Å². The Bertz CT molecular complexity index is 305. The number of hydrogen-bond acceptors (Lipinski definition) is 4. The smallest absolute Gasteiger partial charge is 0.315 e. The molecule has 0 aliphatic carbocycles. The minimum absolute atomic E-state index is 0.267. The zero-order valence-electron chi connectivity index (χ0n) is 7.78. The summed E-state index contributed by atoms with van der Waals surface area (Å²) >= 11 is 0. The lowest BCUT2D eigenvalue weighted by Gasteiger charge is -2.01. The Kier molecular flexibility index (Phi) is 3.72. The lowest BCUT2D eigenvalue weighted by Crippen LogP contribution is -2.25. The summed E-state index contributed by atoms with van der Waals surface area (Å²) in [5.74, 6) is -0.293. The maximum atomic E-state index is 11.1. The van der Waals surface area contributed by atoms with Crippen molar-refractivity contribution in [2.24, 2.45) is 0 Å². The van der Waals surface area contributed by atoms with Crippen LogP contribution < -0.4 is 5.32 Å². The lowest BCUT2D eigenvalue weighted by molar-refractivity contribution is -0.143. The number of hydrogen-bond donors (Lipinski definition) is 1. The van der Waals surface area contributed by atoms with Gasteiger partial charge in [0.25, 0.3) is 0 Å². The molecule has 0 saturated heterocycles. The number of esters is 1. The van der Waals surface area contributed by atoms with Gasteiger partial charge in [-0.05, 0) is 12.1 Å². The van der Waals surface area contributed by atoms with Crippen LogP contribution in [-0.4, -0.2) is 19.0 Å². The maximum absolute atomic E-state index is 11.1. The molecule has 0 aliphatic heterocycles. The zero-order chi connectivity index (χ0) is 10.4. The Morgan fingerprint density at radius 3 is 2.93 bits per heavy atom. The predicted molar refractivity (Wildman–Crippen MR) is 47.2 cm³/mol. The molecule has 1 aromatic rings. The normalized spacial score (nSPS) is 9.50. The van der Waals surface area contributed by atoms with Crippen molar-refractivity contribution in [3.63, 3.8) is 0 Å². The Balaban J connectivity index is 2.25. The second-order valence-corrected chi connectivity index (χ2v) is 2.61. The molecular weight excluding hydrogens is 186 g/mol. The summed E-state index contributed by atoms with van der Waals surface area (Å²) in [4.78, 5) is 21.7. The number of carbonyl (C=O) groups excluding carboxylic acids is 2. The first-order valence-corrected chi connectivity index (χ1v) is 4.08. The first-order valence-electron chi connectivity index (χ1n) is 4.08. The Morgan fingerprint density at radius 2 is 2.36 bits per heavy atom. The highest BCUT2D eigenvalue weighted by molar-refractivity contribution is 5.94. The quantitative estimate of drug-likeness (QED) is 0.562. The molecule has 0 aromatic carbocycles. The van der Waals surface area contributed by atoms with Crippen molar-refractivity contribution >= 4 is 11.9 Å². The van der Waals surface area contributed by atoms with Gasteiger partial charge in [-0.1, -0.05) is 0 Å². The molecule has 0 fully saturated rings. The van der Waals surface area contributed by atoms with Crippen LogP contribution in [0, 0.1) is 0 Å². The van der Waals surface area contributed by atoms with Gasteiger partial charge in [0, 0.05) is 0 Å². The second kappa shape index (κ2) is 5.06. The third kappa shape index (κ3) is 3.30. The van der Waals surface area contributed by atoms with E-state index < -0.39 is 5.97 Å². The maximum Gasteiger partial charge on any atom is 0.315 e. The first-order chi connectivity index (χ1) is 6.72. The van der Waals surface area contributed by atoms with E-state index in [9.17, 15) is 9.59 Å². The molecule has 0 radical (unpaired) electrons. The van der Waals surface area contributed by atoms with E-state index in [-0.39, 0.29) is 18.9 Å². The van der Waals surface area contributed by atoms with E-state index in [1.807, 2.05) is 0 Å². The van der Waals surface area contributed by atoms with E-state index in [0.29, 0.717) is 5.76 Å². The van der Waals surface area contributed by atoms with Crippen molar-refractivity contribution in [3.8, 4) is 0 Å². The Hall–Kier alpha value is -1.78. The monoisotopic (exact) mass is 197 g/mol. The van der Waals surface area contributed by atoms with Gasteiger partial charge in [0.15, 0.2) is 0 Å². The van der Waals surface area contributed by atoms with Crippen molar-refractivity contribution in [1.82, 2.24) is 5.32 Å². The minimum atomic E-state index is -0.554. The van der Waals surface area contributed by atoms with E-state index >= 15 is 0 Å². The van der Waals surface area contributed by atoms with Crippen LogP contribution in [-0.2, 0) is 20.9 Å². The Labute approximate surface area is 81.0 Å². The van der Waals surface area contributed by atoms with Gasteiger partial charge in [-0.25, -0.2) is 0 Å². The molecule has 1 heterocycles. The molecule has 0 atom stereocenters. The van der Waals surface area contributed by atoms with Crippen LogP contribution in [0.4, 0.5) is 0 Å². The average Bonchev–Trinajstić information content (AvgIpc) is 2.67. The molecule has 1 N–H and O–H groups in total. The fourth-order valence-electron chi connectivity index (χ4n) is 0.865. The summed E-state index contributed by atoms with van der Waals surface area (Å²) < 4.78 is 9.32. The summed E-state index contributed by atoms with van der Waals surface area (Å²) in [5, 5.41) is 2.52. The predicted octanol–water partition coefficient (Wildman–Crippen LogP) is 0.459. The zero-order valence-corrected chi connectivity index (χ0v) is 7.78. The van der Waals surface area contributed by atoms with Crippen LogP contribution in [0.1, 0.15) is 12.2 Å². The summed E-state index contributed by atoms with van der Waals surface area (Å²) in [6, 6.07) is 3.46.